The third-order valence-electron chi connectivity index (χ3n) is 23.2. The molecule has 27 rings (SSSR count). The van der Waals surface area contributed by atoms with E-state index in [2.05, 4.69) is 133 Å². The fourth-order valence-corrected chi connectivity index (χ4v) is 44.5. The molecule has 0 saturated heterocycles. The Balaban J connectivity index is 0.000000120. The van der Waals surface area contributed by atoms with Crippen LogP contribution < -0.4 is 63.7 Å². The van der Waals surface area contributed by atoms with Gasteiger partial charge in [-0.05, 0) is 155 Å². The van der Waals surface area contributed by atoms with Crippen molar-refractivity contribution >= 4 is 198 Å². The number of aromatic carboxylic acids is 1. The monoisotopic (exact) mass is 2810 g/mol. The molecule has 4 radical (unpaired) electrons. The van der Waals surface area contributed by atoms with Crippen molar-refractivity contribution in [3.63, 3.8) is 0 Å². The molecule has 144 heavy (non-hydrogen) atoms. The number of fused-ring (bicyclic) bond motifs is 16. The van der Waals surface area contributed by atoms with Gasteiger partial charge >= 0.3 is 5.97 Å². The first kappa shape index (κ1) is 105. The number of carboxylic acids is 1. The predicted molar refractivity (Wildman–Crippen MR) is 571 cm³/mol. The molecule has 2 N–H and O–H groups in total. The summed E-state index contributed by atoms with van der Waals surface area (Å²) in [6.45, 7) is 2.85. The van der Waals surface area contributed by atoms with Gasteiger partial charge in [0.05, 0.1) is 5.76 Å². The van der Waals surface area contributed by atoms with Gasteiger partial charge < -0.3 is 53.4 Å². The summed E-state index contributed by atoms with van der Waals surface area (Å²) in [7, 11) is -11.7. The van der Waals surface area contributed by atoms with Crippen molar-refractivity contribution in [2.75, 3.05) is 0 Å². The predicted octanol–water partition coefficient (Wildman–Crippen LogP) is 24.8. The van der Waals surface area contributed by atoms with Crippen LogP contribution in [0, 0.1) is 30.3 Å². The Hall–Kier alpha value is -10.2. The van der Waals surface area contributed by atoms with Crippen molar-refractivity contribution in [2.45, 2.75) is 92.2 Å². The average molecular weight is 2800 g/mol. The molecule has 0 amide bonds. The normalized spacial score (nSPS) is 16.5. The summed E-state index contributed by atoms with van der Waals surface area (Å²) in [5, 5.41) is 28.0. The number of rotatable bonds is 7. The number of benzene rings is 13. The summed E-state index contributed by atoms with van der Waals surface area (Å²) in [5.74, 6) is -1.05. The fourth-order valence-electron chi connectivity index (χ4n) is 17.2. The zero-order valence-electron chi connectivity index (χ0n) is 75.4. The van der Waals surface area contributed by atoms with Crippen LogP contribution >= 0.6 is 123 Å². The zero-order chi connectivity index (χ0) is 95.6. The summed E-state index contributed by atoms with van der Waals surface area (Å²) in [6.07, 6.45) is 11.6. The fraction of sp³-hybridized carbons (Fsp3) is 0.0175. The second-order valence-corrected chi connectivity index (χ2v) is 51.2. The summed E-state index contributed by atoms with van der Waals surface area (Å²) in [4.78, 5) is 62.5. The van der Waals surface area contributed by atoms with Gasteiger partial charge in [-0.2, -0.15) is 0 Å². The van der Waals surface area contributed by atoms with Gasteiger partial charge in [0.25, 0.3) is 0 Å². The number of aliphatic hydroxyl groups excluding tert-OH is 1. The third kappa shape index (κ3) is 20.7. The van der Waals surface area contributed by atoms with E-state index >= 15 is 0 Å². The first-order valence-corrected chi connectivity index (χ1v) is 57.3. The van der Waals surface area contributed by atoms with Gasteiger partial charge in [0.1, 0.15) is 34.3 Å². The van der Waals surface area contributed by atoms with Crippen LogP contribution in [-0.2, 0) is 103 Å². The van der Waals surface area contributed by atoms with Crippen LogP contribution in [0.3, 0.4) is 0 Å². The Morgan fingerprint density at radius 1 is 0.257 bits per heavy atom. The number of carbonyl (C=O) groups is 2. The van der Waals surface area contributed by atoms with Gasteiger partial charge in [-0.3, -0.25) is 4.79 Å². The van der Waals surface area contributed by atoms with Crippen molar-refractivity contribution in [3.05, 3.63) is 437 Å². The molecular formula is C114H73Ir4N6O8P4S8-5. The molecule has 14 nitrogen and oxygen atoms in total. The van der Waals surface area contributed by atoms with Crippen molar-refractivity contribution in [3.8, 4) is 56.3 Å². The molecule has 13 aromatic carbocycles. The topological polar surface area (TPSA) is 220 Å². The van der Waals surface area contributed by atoms with Gasteiger partial charge in [0, 0.05) is 205 Å². The number of aliphatic hydroxyl groups is 1. The standard InChI is InChI=1S/4C23H13NOPS2.C11H8N.C6H5NO2.C5H8O2.4Ir/c4*25-26-17-8-1-3-10-19(17)27-21-13-15(16-7-5-6-12-24-16)14-22(23(21)26)28-20-11-4-2-9-18(20)26;1-2-6-10(7-3-1)11-8-4-5-9-12-11;8-6(9)5-3-1-2-4-7-5;1-4(6)3-5(2)7;;;;/h4*1-13H;1-6,8-9H;1-4H,(H,8,9);3,6H,1-2H3;;;;/q5*-1;;;;;;. The number of nitrogens with zero attached hydrogens (tertiary/aromatic N) is 6. The molecule has 0 spiro atoms. The number of pyridine rings is 6. The average Bonchev–Trinajstić information content (AvgIpc) is 0.713. The molecule has 0 bridgehead atoms. The summed E-state index contributed by atoms with van der Waals surface area (Å²) in [5.41, 5.74) is 9.41. The minimum Gasteiger partial charge on any atom is -0.512 e. The van der Waals surface area contributed by atoms with E-state index in [-0.39, 0.29) is 97.7 Å². The number of hydrogen-bond acceptors (Lipinski definition) is 21. The van der Waals surface area contributed by atoms with E-state index in [1.807, 2.05) is 261 Å². The summed E-state index contributed by atoms with van der Waals surface area (Å²) >= 11 is 13.4. The molecule has 8 aliphatic heterocycles. The Morgan fingerprint density at radius 2 is 0.472 bits per heavy atom. The van der Waals surface area contributed by atoms with Crippen LogP contribution in [0.15, 0.2) is 479 Å². The summed E-state index contributed by atoms with van der Waals surface area (Å²) < 4.78 is 58.9. The Labute approximate surface area is 921 Å². The molecule has 14 heterocycles. The Morgan fingerprint density at radius 3 is 0.660 bits per heavy atom. The van der Waals surface area contributed by atoms with Crippen LogP contribution in [0.1, 0.15) is 24.3 Å². The molecule has 4 atom stereocenters. The molecule has 8 aliphatic rings. The molecule has 30 heteroatoms. The maximum Gasteiger partial charge on any atom is 0.354 e. The third-order valence-corrected chi connectivity index (χ3v) is 47.4. The van der Waals surface area contributed by atoms with Crippen LogP contribution in [-0.4, -0.2) is 51.9 Å². The van der Waals surface area contributed by atoms with Crippen molar-refractivity contribution in [1.29, 1.82) is 0 Å². The number of allylic oxidation sites excluding steroid dienone is 2. The minimum atomic E-state index is -2.92. The van der Waals surface area contributed by atoms with E-state index in [4.69, 9.17) is 10.2 Å². The maximum atomic E-state index is 14.7. The molecule has 19 aromatic rings. The van der Waals surface area contributed by atoms with Gasteiger partial charge in [0.15, 0.2) is 5.78 Å². The van der Waals surface area contributed by atoms with Gasteiger partial charge in [0.2, 0.25) is 0 Å². The molecular weight excluding hydrogens is 2730 g/mol. The Kier molecular flexibility index (Phi) is 33.6. The van der Waals surface area contributed by atoms with Crippen LogP contribution in [0.4, 0.5) is 0 Å². The molecule has 0 saturated carbocycles. The zero-order valence-corrected chi connectivity index (χ0v) is 95.1. The molecule has 716 valence electrons. The van der Waals surface area contributed by atoms with E-state index in [1.54, 1.807) is 137 Å². The van der Waals surface area contributed by atoms with E-state index in [0.717, 1.165) is 198 Å². The second kappa shape index (κ2) is 46.0. The van der Waals surface area contributed by atoms with E-state index in [0.29, 0.717) is 0 Å². The minimum absolute atomic E-state index is 0. The second-order valence-electron chi connectivity index (χ2n) is 32.2. The number of aromatic nitrogens is 6. The van der Waals surface area contributed by atoms with Crippen LogP contribution in [0.25, 0.3) is 56.3 Å². The smallest absolute Gasteiger partial charge is 0.354 e. The number of ketones is 1. The van der Waals surface area contributed by atoms with Gasteiger partial charge in [-0.1, -0.05) is 251 Å². The van der Waals surface area contributed by atoms with Gasteiger partial charge in [-0.15, -0.1) is 201 Å². The quantitative estimate of drug-likeness (QED) is 0.0655. The molecule has 4 unspecified atom stereocenters. The first-order valence-electron chi connectivity index (χ1n) is 44.0. The number of carboxylic acid groups (broad SMARTS) is 1. The Bertz CT molecular complexity index is 7210. The maximum absolute atomic E-state index is 14.7. The van der Waals surface area contributed by atoms with E-state index in [9.17, 15) is 27.8 Å². The van der Waals surface area contributed by atoms with Crippen molar-refractivity contribution in [1.82, 2.24) is 29.9 Å². The molecule has 0 fully saturated rings. The first-order chi connectivity index (χ1) is 68.4. The van der Waals surface area contributed by atoms with E-state index in [1.165, 1.54) is 32.2 Å². The molecule has 0 aliphatic carbocycles. The van der Waals surface area contributed by atoms with Crippen molar-refractivity contribution < 1.29 is 118 Å². The number of hydrogen-bond donors (Lipinski definition) is 2. The summed E-state index contributed by atoms with van der Waals surface area (Å²) in [6, 6.07) is 132. The molecule has 6 aromatic heterocycles. The number of carbonyl (C=O) groups excluding carboxylic acids is 1. The van der Waals surface area contributed by atoms with E-state index < -0.39 is 34.5 Å². The largest absolute Gasteiger partial charge is 0.512 e. The van der Waals surface area contributed by atoms with Crippen LogP contribution in [0.2, 0.25) is 0 Å². The SMILES string of the molecule is CC(=O)C=C(C)O.O=C(O)c1ccccn1.O=P12c3ccccc3Sc3[c-]c(-c4ccccn4)cc(c31)Sc1ccccc12.O=P12c3ccccc3Sc3[c-]c(-c4ccccn4)cc(c31)Sc1ccccc12.O=P12c3ccccc3Sc3[c-]c(-c4ccccn4)cc(c31)Sc1ccccc12.O=P12c3ccccc3Sc3[c-]c(-c4ccccn4)cc(c31)Sc1ccccc12.[Ir].[Ir].[Ir].[Ir].[c-]1ccccc1-c1ccccn1. The van der Waals surface area contributed by atoms with Crippen molar-refractivity contribution in [2.24, 2.45) is 0 Å². The van der Waals surface area contributed by atoms with Crippen LogP contribution in [0.5, 0.6) is 0 Å². The van der Waals surface area contributed by atoms with Gasteiger partial charge in [-0.25, -0.2) is 9.78 Å².